The van der Waals surface area contributed by atoms with E-state index in [1.54, 1.807) is 0 Å². The molecule has 0 bridgehead atoms. The molecule has 1 atom stereocenters. The molecule has 1 aliphatic rings. The molecule has 1 aromatic heterocycles. The summed E-state index contributed by atoms with van der Waals surface area (Å²) in [5.74, 6) is -4.28. The average molecular weight is 617 g/mol. The molecule has 7 nitrogen and oxygen atoms in total. The Morgan fingerprint density at radius 2 is 1.58 bits per heavy atom. The van der Waals surface area contributed by atoms with Gasteiger partial charge in [-0.3, -0.25) is 14.4 Å². The zero-order chi connectivity index (χ0) is 32.3. The first kappa shape index (κ1) is 32.8. The highest BCUT2D eigenvalue weighted by Gasteiger charge is 2.43. The lowest BCUT2D eigenvalue weighted by Gasteiger charge is -2.29. The van der Waals surface area contributed by atoms with E-state index >= 15 is 0 Å². The van der Waals surface area contributed by atoms with Gasteiger partial charge in [-0.15, -0.1) is 0 Å². The van der Waals surface area contributed by atoms with Crippen molar-refractivity contribution in [3.8, 4) is 0 Å². The molecule has 0 spiro atoms. The summed E-state index contributed by atoms with van der Waals surface area (Å²) in [5.41, 5.74) is -0.847. The van der Waals surface area contributed by atoms with Crippen molar-refractivity contribution in [3.05, 3.63) is 105 Å². The van der Waals surface area contributed by atoms with Crippen molar-refractivity contribution in [1.82, 2.24) is 9.88 Å². The minimum atomic E-state index is -4.99. The lowest BCUT2D eigenvalue weighted by Crippen LogP contribution is -2.38. The zero-order valence-electron chi connectivity index (χ0n) is 22.1. The van der Waals surface area contributed by atoms with Crippen molar-refractivity contribution in [1.29, 1.82) is 0 Å². The third-order valence-corrected chi connectivity index (χ3v) is 6.49. The minimum absolute atomic E-state index is 0.00112. The lowest BCUT2D eigenvalue weighted by molar-refractivity contribution is -0.138. The number of aliphatic carboxylic acids is 1. The van der Waals surface area contributed by atoms with Crippen LogP contribution in [0.5, 0.6) is 0 Å². The van der Waals surface area contributed by atoms with E-state index in [4.69, 9.17) is 10.8 Å². The second-order valence-electron chi connectivity index (χ2n) is 9.29. The van der Waals surface area contributed by atoms with Crippen LogP contribution in [0.4, 0.5) is 35.1 Å². The Hall–Kier alpha value is -4.69. The predicted molar refractivity (Wildman–Crippen MR) is 139 cm³/mol. The zero-order valence-corrected chi connectivity index (χ0v) is 22.1. The van der Waals surface area contributed by atoms with Gasteiger partial charge in [0.2, 0.25) is 0 Å². The number of amides is 1. The molecule has 2 aromatic carbocycles. The smallest absolute Gasteiger partial charge is 0.417 e. The first-order valence-electron chi connectivity index (χ1n) is 12.3. The van der Waals surface area contributed by atoms with Crippen LogP contribution in [-0.4, -0.2) is 33.8 Å². The summed E-state index contributed by atoms with van der Waals surface area (Å²) in [4.78, 5) is 34.0. The van der Waals surface area contributed by atoms with E-state index in [0.717, 1.165) is 41.1 Å². The van der Waals surface area contributed by atoms with Crippen LogP contribution in [0.2, 0.25) is 0 Å². The number of hydrogen-bond acceptors (Lipinski definition) is 4. The van der Waals surface area contributed by atoms with Crippen LogP contribution in [0.25, 0.3) is 10.9 Å². The molecule has 0 saturated carbocycles. The monoisotopic (exact) mass is 617 g/mol. The highest BCUT2D eigenvalue weighted by molar-refractivity contribution is 5.93. The van der Waals surface area contributed by atoms with E-state index in [1.165, 1.54) is 25.2 Å². The summed E-state index contributed by atoms with van der Waals surface area (Å²) in [5, 5.41) is 10.9. The molecule has 0 saturated heterocycles. The van der Waals surface area contributed by atoms with Crippen molar-refractivity contribution >= 4 is 22.8 Å². The van der Waals surface area contributed by atoms with Crippen LogP contribution in [0, 0.1) is 11.6 Å². The van der Waals surface area contributed by atoms with E-state index in [0.29, 0.717) is 0 Å². The molecule has 1 aliphatic heterocycles. The fourth-order valence-electron chi connectivity index (χ4n) is 4.66. The van der Waals surface area contributed by atoms with Gasteiger partial charge in [-0.1, -0.05) is 24.3 Å². The summed E-state index contributed by atoms with van der Waals surface area (Å²) < 4.78 is 110. The topological polar surface area (TPSA) is 114 Å². The van der Waals surface area contributed by atoms with Gasteiger partial charge >= 0.3 is 18.3 Å². The van der Waals surface area contributed by atoms with Crippen molar-refractivity contribution in [2.24, 2.45) is 12.8 Å². The maximum absolute atomic E-state index is 14.0. The highest BCUT2D eigenvalue weighted by atomic mass is 19.4. The number of primary amides is 1. The molecule has 4 rings (SSSR count). The van der Waals surface area contributed by atoms with Gasteiger partial charge in [0.15, 0.2) is 0 Å². The van der Waals surface area contributed by atoms with Crippen LogP contribution in [-0.2, 0) is 24.4 Å². The molecular formula is C28H23F8N3O4. The number of rotatable bonds is 6. The molecule has 4 N–H and O–H groups in total. The van der Waals surface area contributed by atoms with Gasteiger partial charge in [0, 0.05) is 30.8 Å². The number of aryl methyl sites for hydroxylation is 1. The number of para-hydroxylation sites is 1. The molecule has 3 aromatic rings. The molecule has 0 fully saturated rings. The van der Waals surface area contributed by atoms with Crippen LogP contribution in [0.3, 0.4) is 0 Å². The van der Waals surface area contributed by atoms with Crippen LogP contribution in [0.1, 0.15) is 34.3 Å². The summed E-state index contributed by atoms with van der Waals surface area (Å²) in [6, 6.07) is 6.93. The van der Waals surface area contributed by atoms with E-state index < -0.39 is 94.6 Å². The molecular weight excluding hydrogens is 594 g/mol. The molecule has 15 heteroatoms. The third-order valence-electron chi connectivity index (χ3n) is 6.49. The molecule has 0 radical (unpaired) electrons. The number of pyridine rings is 1. The number of fused-ring (bicyclic) bond motifs is 1. The second kappa shape index (κ2) is 12.7. The fourth-order valence-corrected chi connectivity index (χ4v) is 4.66. The average Bonchev–Trinajstić information content (AvgIpc) is 2.89. The molecule has 0 aliphatic carbocycles. The maximum atomic E-state index is 14.0. The van der Waals surface area contributed by atoms with Gasteiger partial charge < -0.3 is 20.7 Å². The van der Waals surface area contributed by atoms with Crippen LogP contribution < -0.4 is 16.6 Å². The number of carboxylic acid groups (broad SMARTS) is 1. The number of allylic oxidation sites excluding steroid dienone is 2. The van der Waals surface area contributed by atoms with Crippen molar-refractivity contribution in [3.63, 3.8) is 0 Å². The Morgan fingerprint density at radius 3 is 2.09 bits per heavy atom. The Kier molecular flexibility index (Phi) is 9.67. The summed E-state index contributed by atoms with van der Waals surface area (Å²) >= 11 is 0. The van der Waals surface area contributed by atoms with Gasteiger partial charge in [-0.05, 0) is 42.5 Å². The fraction of sp³-hybridized carbons (Fsp3) is 0.250. The van der Waals surface area contributed by atoms with Crippen LogP contribution >= 0.6 is 0 Å². The number of benzene rings is 2. The first-order valence-corrected chi connectivity index (χ1v) is 12.3. The number of nitrogens with one attached hydrogen (secondary N) is 1. The predicted octanol–water partition coefficient (Wildman–Crippen LogP) is 5.37. The number of nitrogens with two attached hydrogens (primary N) is 1. The summed E-state index contributed by atoms with van der Waals surface area (Å²) in [6.45, 7) is 0. The largest absolute Gasteiger partial charge is 0.481 e. The van der Waals surface area contributed by atoms with E-state index in [1.807, 2.05) is 0 Å². The second-order valence-corrected chi connectivity index (χ2v) is 9.29. The SMILES string of the molecule is Cn1c(=O)c(CC2=C(C(F)(F)F)C(CCC(=O)O)NC=C2)c(C(F)(F)F)c2ccccc21.NC(=O)c1c(F)cccc1F. The van der Waals surface area contributed by atoms with Gasteiger partial charge in [0.25, 0.3) is 11.5 Å². The number of halogens is 8. The molecule has 1 amide bonds. The molecule has 1 unspecified atom stereocenters. The maximum Gasteiger partial charge on any atom is 0.417 e. The quantitative estimate of drug-likeness (QED) is 0.322. The number of dihydropyridines is 1. The van der Waals surface area contributed by atoms with Crippen molar-refractivity contribution < 1.29 is 49.8 Å². The Balaban J connectivity index is 0.000000386. The van der Waals surface area contributed by atoms with Gasteiger partial charge in [0.05, 0.1) is 22.7 Å². The van der Waals surface area contributed by atoms with Crippen molar-refractivity contribution in [2.75, 3.05) is 0 Å². The summed E-state index contributed by atoms with van der Waals surface area (Å²) in [7, 11) is 1.25. The number of carboxylic acids is 1. The number of carbonyl (C=O) groups excluding carboxylic acids is 1. The highest BCUT2D eigenvalue weighted by Crippen LogP contribution is 2.40. The third kappa shape index (κ3) is 7.40. The molecule has 2 heterocycles. The Labute approximate surface area is 237 Å². The van der Waals surface area contributed by atoms with Gasteiger partial charge in [-0.25, -0.2) is 8.78 Å². The normalized spacial score (nSPS) is 15.1. The van der Waals surface area contributed by atoms with E-state index in [9.17, 15) is 49.5 Å². The van der Waals surface area contributed by atoms with Gasteiger partial charge in [-0.2, -0.15) is 26.3 Å². The first-order chi connectivity index (χ1) is 19.9. The Bertz CT molecular complexity index is 1650. The van der Waals surface area contributed by atoms with E-state index in [2.05, 4.69) is 5.32 Å². The van der Waals surface area contributed by atoms with Gasteiger partial charge in [0.1, 0.15) is 17.2 Å². The number of carbonyl (C=O) groups is 2. The minimum Gasteiger partial charge on any atom is -0.481 e. The Morgan fingerprint density at radius 1 is 0.977 bits per heavy atom. The van der Waals surface area contributed by atoms with Crippen molar-refractivity contribution in [2.45, 2.75) is 37.7 Å². The van der Waals surface area contributed by atoms with Crippen LogP contribution in [0.15, 0.2) is 70.7 Å². The summed E-state index contributed by atoms with van der Waals surface area (Å²) in [6.07, 6.45) is -9.77. The lowest BCUT2D eigenvalue weighted by atomic mass is 9.88. The molecule has 43 heavy (non-hydrogen) atoms. The van der Waals surface area contributed by atoms with E-state index in [-0.39, 0.29) is 10.9 Å². The number of aromatic nitrogens is 1. The number of alkyl halides is 6. The molecule has 230 valence electrons. The number of nitrogens with zero attached hydrogens (tertiary/aromatic N) is 1. The number of hydrogen-bond donors (Lipinski definition) is 3. The standard InChI is InChI=1S/C21H18F6N2O3.C7H5F2NO/c1-29-15-5-3-2-4-12(15)18(21(25,26)27)13(19(29)32)10-11-8-9-28-14(6-7-16(30)31)17(11)20(22,23)24;8-4-2-1-3-5(9)6(4)7(10)11/h2-5,8-9,14,28H,6-7,10H2,1H3,(H,30,31);1-3H,(H2,10,11).